The van der Waals surface area contributed by atoms with Crippen molar-refractivity contribution in [3.8, 4) is 0 Å². The highest BCUT2D eigenvalue weighted by Gasteiger charge is 2.40. The molecule has 1 unspecified atom stereocenters. The van der Waals surface area contributed by atoms with Gasteiger partial charge >= 0.3 is 5.97 Å². The number of rotatable bonds is 3. The fourth-order valence-electron chi connectivity index (χ4n) is 3.97. The highest BCUT2D eigenvalue weighted by Crippen LogP contribution is 2.27. The Morgan fingerprint density at radius 3 is 2.35 bits per heavy atom. The van der Waals surface area contributed by atoms with Crippen molar-refractivity contribution in [2.24, 2.45) is 17.8 Å². The monoisotopic (exact) mass is 358 g/mol. The van der Waals surface area contributed by atoms with Gasteiger partial charge in [-0.2, -0.15) is 0 Å². The van der Waals surface area contributed by atoms with E-state index in [1.807, 2.05) is 38.1 Å². The summed E-state index contributed by atoms with van der Waals surface area (Å²) >= 11 is 0. The van der Waals surface area contributed by atoms with E-state index in [9.17, 15) is 19.5 Å². The summed E-state index contributed by atoms with van der Waals surface area (Å²) < 4.78 is 0. The lowest BCUT2D eigenvalue weighted by Crippen LogP contribution is -2.46. The maximum atomic E-state index is 12.9. The Morgan fingerprint density at radius 1 is 1.04 bits per heavy atom. The molecular weight excluding hydrogens is 332 g/mol. The SMILES string of the molecule is Cc1ccc(C(=O)N2CCCC(C(=O)N3C[C@@H](C)[C@H](C(=O)O)C3)C2)cc1. The van der Waals surface area contributed by atoms with E-state index in [1.165, 1.54) is 0 Å². The third-order valence-electron chi connectivity index (χ3n) is 5.60. The van der Waals surface area contributed by atoms with Gasteiger partial charge in [0, 0.05) is 31.7 Å². The molecule has 1 aromatic rings. The van der Waals surface area contributed by atoms with Crippen molar-refractivity contribution >= 4 is 17.8 Å². The molecule has 2 aliphatic heterocycles. The molecule has 2 aliphatic rings. The second-order valence-electron chi connectivity index (χ2n) is 7.62. The number of nitrogens with zero attached hydrogens (tertiary/aromatic N) is 2. The quantitative estimate of drug-likeness (QED) is 0.897. The van der Waals surface area contributed by atoms with Gasteiger partial charge in [0.05, 0.1) is 11.8 Å². The molecule has 0 saturated carbocycles. The van der Waals surface area contributed by atoms with E-state index in [1.54, 1.807) is 9.80 Å². The molecule has 6 heteroatoms. The first-order chi connectivity index (χ1) is 12.4. The Labute approximate surface area is 153 Å². The van der Waals surface area contributed by atoms with Gasteiger partial charge in [0.1, 0.15) is 0 Å². The minimum absolute atomic E-state index is 0.0120. The smallest absolute Gasteiger partial charge is 0.308 e. The van der Waals surface area contributed by atoms with Crippen LogP contribution in [0.4, 0.5) is 0 Å². The fraction of sp³-hybridized carbons (Fsp3) is 0.550. The summed E-state index contributed by atoms with van der Waals surface area (Å²) in [5.41, 5.74) is 1.74. The average Bonchev–Trinajstić information content (AvgIpc) is 3.03. The first-order valence-electron chi connectivity index (χ1n) is 9.24. The van der Waals surface area contributed by atoms with E-state index < -0.39 is 11.9 Å². The van der Waals surface area contributed by atoms with Crippen LogP contribution in [0.25, 0.3) is 0 Å². The summed E-state index contributed by atoms with van der Waals surface area (Å²) in [5, 5.41) is 9.26. The molecule has 26 heavy (non-hydrogen) atoms. The van der Waals surface area contributed by atoms with E-state index in [0.29, 0.717) is 25.2 Å². The molecule has 0 bridgehead atoms. The third-order valence-corrected chi connectivity index (χ3v) is 5.60. The molecule has 6 nitrogen and oxygen atoms in total. The normalized spacial score (nSPS) is 26.0. The van der Waals surface area contributed by atoms with E-state index in [4.69, 9.17) is 0 Å². The van der Waals surface area contributed by atoms with E-state index in [-0.39, 0.29) is 30.2 Å². The maximum Gasteiger partial charge on any atom is 0.308 e. The Hall–Kier alpha value is -2.37. The maximum absolute atomic E-state index is 12.9. The predicted molar refractivity (Wildman–Crippen MR) is 96.7 cm³/mol. The zero-order valence-corrected chi connectivity index (χ0v) is 15.4. The lowest BCUT2D eigenvalue weighted by atomic mass is 9.96. The summed E-state index contributed by atoms with van der Waals surface area (Å²) in [6, 6.07) is 7.47. The van der Waals surface area contributed by atoms with Crippen molar-refractivity contribution in [2.75, 3.05) is 26.2 Å². The van der Waals surface area contributed by atoms with Crippen LogP contribution in [0.3, 0.4) is 0 Å². The Morgan fingerprint density at radius 2 is 1.73 bits per heavy atom. The van der Waals surface area contributed by atoms with Crippen molar-refractivity contribution in [2.45, 2.75) is 26.7 Å². The number of carboxylic acids is 1. The molecular formula is C20H26N2O4. The van der Waals surface area contributed by atoms with E-state index >= 15 is 0 Å². The summed E-state index contributed by atoms with van der Waals surface area (Å²) in [4.78, 5) is 40.3. The van der Waals surface area contributed by atoms with Crippen LogP contribution in [0.15, 0.2) is 24.3 Å². The minimum atomic E-state index is -0.840. The molecule has 1 N–H and O–H groups in total. The highest BCUT2D eigenvalue weighted by atomic mass is 16.4. The number of amides is 2. The van der Waals surface area contributed by atoms with E-state index in [0.717, 1.165) is 18.4 Å². The van der Waals surface area contributed by atoms with Crippen LogP contribution < -0.4 is 0 Å². The molecule has 0 aromatic heterocycles. The second-order valence-corrected chi connectivity index (χ2v) is 7.62. The molecule has 0 spiro atoms. The van der Waals surface area contributed by atoms with Gasteiger partial charge in [-0.25, -0.2) is 0 Å². The summed E-state index contributed by atoms with van der Waals surface area (Å²) in [5.74, 6) is -1.66. The largest absolute Gasteiger partial charge is 0.481 e. The van der Waals surface area contributed by atoms with E-state index in [2.05, 4.69) is 0 Å². The number of aryl methyl sites for hydroxylation is 1. The fourth-order valence-corrected chi connectivity index (χ4v) is 3.97. The average molecular weight is 358 g/mol. The molecule has 2 saturated heterocycles. The van der Waals surface area contributed by atoms with Crippen molar-refractivity contribution in [1.29, 1.82) is 0 Å². The number of piperidine rings is 1. The van der Waals surface area contributed by atoms with Crippen LogP contribution in [0.1, 0.15) is 35.7 Å². The van der Waals surface area contributed by atoms with Crippen molar-refractivity contribution in [3.05, 3.63) is 35.4 Å². The molecule has 2 heterocycles. The number of hydrogen-bond acceptors (Lipinski definition) is 3. The van der Waals surface area contributed by atoms with Crippen LogP contribution in [0.2, 0.25) is 0 Å². The van der Waals surface area contributed by atoms with Crippen molar-refractivity contribution in [3.63, 3.8) is 0 Å². The number of hydrogen-bond donors (Lipinski definition) is 1. The molecule has 3 rings (SSSR count). The van der Waals surface area contributed by atoms with Gasteiger partial charge in [0.15, 0.2) is 0 Å². The Balaban J connectivity index is 1.65. The van der Waals surface area contributed by atoms with Gasteiger partial charge in [-0.15, -0.1) is 0 Å². The lowest BCUT2D eigenvalue weighted by molar-refractivity contribution is -0.142. The zero-order chi connectivity index (χ0) is 18.8. The topological polar surface area (TPSA) is 77.9 Å². The first kappa shape index (κ1) is 18.4. The number of benzene rings is 1. The summed E-state index contributed by atoms with van der Waals surface area (Å²) in [6.45, 7) is 5.68. The van der Waals surface area contributed by atoms with Gasteiger partial charge < -0.3 is 14.9 Å². The molecule has 2 amide bonds. The molecule has 0 aliphatic carbocycles. The number of carboxylic acid groups (broad SMARTS) is 1. The van der Waals surface area contributed by atoms with Crippen LogP contribution in [-0.4, -0.2) is 58.9 Å². The van der Waals surface area contributed by atoms with Crippen molar-refractivity contribution in [1.82, 2.24) is 9.80 Å². The van der Waals surface area contributed by atoms with Crippen LogP contribution in [-0.2, 0) is 9.59 Å². The van der Waals surface area contributed by atoms with Crippen LogP contribution in [0.5, 0.6) is 0 Å². The molecule has 140 valence electrons. The van der Waals surface area contributed by atoms with Gasteiger partial charge in [0.2, 0.25) is 5.91 Å². The standard InChI is InChI=1S/C20H26N2O4/c1-13-5-7-15(8-6-13)18(23)21-9-3-4-16(11-21)19(24)22-10-14(2)17(12-22)20(25)26/h5-8,14,16-17H,3-4,9-12H2,1-2H3,(H,25,26)/t14-,16?,17-/m1/s1. The van der Waals surface area contributed by atoms with Gasteiger partial charge in [0.25, 0.3) is 5.91 Å². The lowest BCUT2D eigenvalue weighted by Gasteiger charge is -2.34. The zero-order valence-electron chi connectivity index (χ0n) is 15.4. The van der Waals surface area contributed by atoms with Crippen LogP contribution in [0, 0.1) is 24.7 Å². The summed E-state index contributed by atoms with van der Waals surface area (Å²) in [6.07, 6.45) is 1.54. The van der Waals surface area contributed by atoms with Gasteiger partial charge in [-0.3, -0.25) is 14.4 Å². The van der Waals surface area contributed by atoms with Gasteiger partial charge in [-0.05, 0) is 37.8 Å². The third kappa shape index (κ3) is 3.74. The van der Waals surface area contributed by atoms with Gasteiger partial charge in [-0.1, -0.05) is 24.6 Å². The number of carbonyl (C=O) groups excluding carboxylic acids is 2. The summed E-state index contributed by atoms with van der Waals surface area (Å²) in [7, 11) is 0. The molecule has 1 aromatic carbocycles. The second kappa shape index (κ2) is 7.48. The van der Waals surface area contributed by atoms with Crippen molar-refractivity contribution < 1.29 is 19.5 Å². The highest BCUT2D eigenvalue weighted by molar-refractivity contribution is 5.94. The molecule has 0 radical (unpaired) electrons. The number of likely N-dealkylation sites (tertiary alicyclic amines) is 2. The minimum Gasteiger partial charge on any atom is -0.481 e. The molecule has 3 atom stereocenters. The Kier molecular flexibility index (Phi) is 5.30. The predicted octanol–water partition coefficient (Wildman–Crippen LogP) is 2.03. The Bertz CT molecular complexity index is 700. The molecule has 2 fully saturated rings. The first-order valence-corrected chi connectivity index (χ1v) is 9.24. The number of aliphatic carboxylic acids is 1. The number of carbonyl (C=O) groups is 3. The van der Waals surface area contributed by atoms with Crippen LogP contribution >= 0.6 is 0 Å².